The van der Waals surface area contributed by atoms with Crippen molar-refractivity contribution in [2.75, 3.05) is 19.6 Å². The first-order valence-corrected chi connectivity index (χ1v) is 14.1. The van der Waals surface area contributed by atoms with E-state index in [4.69, 9.17) is 23.2 Å². The molecule has 0 bridgehead atoms. The van der Waals surface area contributed by atoms with Gasteiger partial charge in [0.05, 0.1) is 12.6 Å². The van der Waals surface area contributed by atoms with Crippen molar-refractivity contribution in [2.45, 2.75) is 38.6 Å². The predicted octanol–water partition coefficient (Wildman–Crippen LogP) is 6.82. The third-order valence-corrected chi connectivity index (χ3v) is 8.66. The molecule has 2 aliphatic rings. The van der Waals surface area contributed by atoms with Gasteiger partial charge in [0.25, 0.3) is 0 Å². The highest BCUT2D eigenvalue weighted by Gasteiger charge is 2.46. The van der Waals surface area contributed by atoms with Gasteiger partial charge in [-0.1, -0.05) is 73.4 Å². The molecule has 36 heavy (non-hydrogen) atoms. The number of hydrogen-bond acceptors (Lipinski definition) is 3. The van der Waals surface area contributed by atoms with Crippen LogP contribution in [0.2, 0.25) is 10.0 Å². The van der Waals surface area contributed by atoms with Crippen LogP contribution in [0.4, 0.5) is 0 Å². The Morgan fingerprint density at radius 2 is 1.86 bits per heavy atom. The van der Waals surface area contributed by atoms with Crippen LogP contribution in [0.3, 0.4) is 0 Å². The second-order valence-electron chi connectivity index (χ2n) is 10.2. The number of carbonyl (C=O) groups excluding carboxylic acids is 2. The Morgan fingerprint density at radius 3 is 2.58 bits per heavy atom. The van der Waals surface area contributed by atoms with Gasteiger partial charge in [-0.3, -0.25) is 9.59 Å². The van der Waals surface area contributed by atoms with Crippen LogP contribution >= 0.6 is 34.5 Å². The van der Waals surface area contributed by atoms with Gasteiger partial charge in [0.2, 0.25) is 11.8 Å². The molecule has 2 aromatic carbocycles. The molecule has 1 saturated carbocycles. The van der Waals surface area contributed by atoms with Crippen molar-refractivity contribution in [1.82, 2.24) is 9.80 Å². The lowest BCUT2D eigenvalue weighted by atomic mass is 9.93. The normalized spacial score (nSPS) is 20.8. The number of carbonyl (C=O) groups is 2. The van der Waals surface area contributed by atoms with E-state index in [2.05, 4.69) is 37.4 Å². The Hall–Kier alpha value is -2.34. The van der Waals surface area contributed by atoms with Crippen LogP contribution in [-0.2, 0) is 16.0 Å². The Balaban J connectivity index is 1.38. The number of amides is 2. The first-order chi connectivity index (χ1) is 17.3. The van der Waals surface area contributed by atoms with Crippen LogP contribution in [0.15, 0.2) is 60.0 Å². The third-order valence-electron chi connectivity index (χ3n) is 7.10. The van der Waals surface area contributed by atoms with Crippen molar-refractivity contribution in [1.29, 1.82) is 0 Å². The summed E-state index contributed by atoms with van der Waals surface area (Å²) < 4.78 is 0. The number of hydrogen-bond donors (Lipinski definition) is 0. The molecular weight excluding hydrogens is 511 g/mol. The van der Waals surface area contributed by atoms with E-state index in [1.165, 1.54) is 10.4 Å². The van der Waals surface area contributed by atoms with E-state index < -0.39 is 0 Å². The topological polar surface area (TPSA) is 40.6 Å². The molecule has 5 rings (SSSR count). The summed E-state index contributed by atoms with van der Waals surface area (Å²) in [6.07, 6.45) is 1.65. The Morgan fingerprint density at radius 1 is 1.08 bits per heavy atom. The highest BCUT2D eigenvalue weighted by molar-refractivity contribution is 7.10. The monoisotopic (exact) mass is 540 g/mol. The SMILES string of the molecule is CC(C)CN(CC(=O)N1CCc2sccc2[C@H]1c1ccc(Cl)cc1Cl)C(=O)[C@@H]1C[C@H]1c1ccccc1. The molecule has 188 valence electrons. The molecule has 1 fully saturated rings. The van der Waals surface area contributed by atoms with Gasteiger partial charge in [-0.05, 0) is 64.9 Å². The molecule has 1 aromatic heterocycles. The van der Waals surface area contributed by atoms with Gasteiger partial charge in [-0.25, -0.2) is 0 Å². The maximum absolute atomic E-state index is 13.8. The molecule has 1 aliphatic heterocycles. The van der Waals surface area contributed by atoms with Gasteiger partial charge >= 0.3 is 0 Å². The molecule has 3 atom stereocenters. The van der Waals surface area contributed by atoms with Crippen molar-refractivity contribution in [2.24, 2.45) is 11.8 Å². The minimum Gasteiger partial charge on any atom is -0.333 e. The Kier molecular flexibility index (Phi) is 7.43. The number of rotatable bonds is 7. The zero-order chi connectivity index (χ0) is 25.4. The van der Waals surface area contributed by atoms with E-state index in [0.29, 0.717) is 23.1 Å². The van der Waals surface area contributed by atoms with Crippen LogP contribution in [0.25, 0.3) is 0 Å². The lowest BCUT2D eigenvalue weighted by Crippen LogP contribution is -2.48. The van der Waals surface area contributed by atoms with E-state index in [-0.39, 0.29) is 42.2 Å². The van der Waals surface area contributed by atoms with E-state index in [9.17, 15) is 9.59 Å². The second-order valence-corrected chi connectivity index (χ2v) is 12.0. The molecule has 0 N–H and O–H groups in total. The number of benzene rings is 2. The fraction of sp³-hybridized carbons (Fsp3) is 0.379. The van der Waals surface area contributed by atoms with Crippen molar-refractivity contribution < 1.29 is 9.59 Å². The van der Waals surface area contributed by atoms with Crippen LogP contribution in [0, 0.1) is 11.8 Å². The van der Waals surface area contributed by atoms with Gasteiger partial charge < -0.3 is 9.80 Å². The summed E-state index contributed by atoms with van der Waals surface area (Å²) >= 11 is 14.5. The summed E-state index contributed by atoms with van der Waals surface area (Å²) in [5.74, 6) is 0.494. The molecule has 1 aliphatic carbocycles. The van der Waals surface area contributed by atoms with Crippen LogP contribution in [0.1, 0.15) is 53.8 Å². The fourth-order valence-corrected chi connectivity index (χ4v) is 6.76. The first kappa shape index (κ1) is 25.3. The van der Waals surface area contributed by atoms with Gasteiger partial charge in [0.15, 0.2) is 0 Å². The summed E-state index contributed by atoms with van der Waals surface area (Å²) in [6.45, 7) is 5.40. The van der Waals surface area contributed by atoms with E-state index in [1.807, 2.05) is 35.2 Å². The second kappa shape index (κ2) is 10.6. The number of fused-ring (bicyclic) bond motifs is 1. The van der Waals surface area contributed by atoms with Crippen molar-refractivity contribution in [3.05, 3.63) is 91.6 Å². The molecule has 2 amide bonds. The smallest absolute Gasteiger partial charge is 0.242 e. The predicted molar refractivity (Wildman–Crippen MR) is 147 cm³/mol. The quantitative estimate of drug-likeness (QED) is 0.330. The Bertz CT molecular complexity index is 1260. The van der Waals surface area contributed by atoms with E-state index in [1.54, 1.807) is 22.3 Å². The average Bonchev–Trinajstić information content (AvgIpc) is 3.51. The van der Waals surface area contributed by atoms with Crippen molar-refractivity contribution in [3.63, 3.8) is 0 Å². The molecular formula is C29H30Cl2N2O2S. The number of thiophene rings is 1. The molecule has 0 saturated heterocycles. The third kappa shape index (κ3) is 5.20. The fourth-order valence-electron chi connectivity index (χ4n) is 5.34. The van der Waals surface area contributed by atoms with Crippen LogP contribution in [0.5, 0.6) is 0 Å². The van der Waals surface area contributed by atoms with Crippen LogP contribution in [-0.4, -0.2) is 41.2 Å². The Labute approximate surface area is 226 Å². The largest absolute Gasteiger partial charge is 0.333 e. The summed E-state index contributed by atoms with van der Waals surface area (Å²) in [6, 6.07) is 17.5. The van der Waals surface area contributed by atoms with Crippen LogP contribution < -0.4 is 0 Å². The molecule has 0 unspecified atom stereocenters. The lowest BCUT2D eigenvalue weighted by molar-refractivity contribution is -0.142. The van der Waals surface area contributed by atoms with Crippen molar-refractivity contribution in [3.8, 4) is 0 Å². The highest BCUT2D eigenvalue weighted by atomic mass is 35.5. The van der Waals surface area contributed by atoms with Crippen molar-refractivity contribution >= 4 is 46.4 Å². The minimum absolute atomic E-state index is 0.0474. The molecule has 0 spiro atoms. The van der Waals surface area contributed by atoms with E-state index >= 15 is 0 Å². The molecule has 2 heterocycles. The maximum atomic E-state index is 13.8. The summed E-state index contributed by atoms with van der Waals surface area (Å²) in [4.78, 5) is 32.4. The number of halogens is 2. The lowest BCUT2D eigenvalue weighted by Gasteiger charge is -2.38. The summed E-state index contributed by atoms with van der Waals surface area (Å²) in [5, 5.41) is 3.18. The van der Waals surface area contributed by atoms with Gasteiger partial charge in [-0.2, -0.15) is 0 Å². The summed E-state index contributed by atoms with van der Waals surface area (Å²) in [5.41, 5.74) is 3.17. The van der Waals surface area contributed by atoms with E-state index in [0.717, 1.165) is 24.0 Å². The average molecular weight is 542 g/mol. The summed E-state index contributed by atoms with van der Waals surface area (Å²) in [7, 11) is 0. The van der Waals surface area contributed by atoms with Gasteiger partial charge in [0, 0.05) is 33.9 Å². The highest BCUT2D eigenvalue weighted by Crippen LogP contribution is 2.48. The first-order valence-electron chi connectivity index (χ1n) is 12.5. The molecule has 0 radical (unpaired) electrons. The molecule has 7 heteroatoms. The van der Waals surface area contributed by atoms with Gasteiger partial charge in [-0.15, -0.1) is 11.3 Å². The minimum atomic E-state index is -0.286. The van der Waals surface area contributed by atoms with Gasteiger partial charge in [0.1, 0.15) is 0 Å². The zero-order valence-corrected chi connectivity index (χ0v) is 22.8. The zero-order valence-electron chi connectivity index (χ0n) is 20.5. The maximum Gasteiger partial charge on any atom is 0.242 e. The molecule has 4 nitrogen and oxygen atoms in total. The standard InChI is InChI=1S/C29H30Cl2N2O2S/c1-18(2)16-32(29(35)24-15-23(24)19-6-4-3-5-7-19)17-27(34)33-12-10-26-22(11-13-36-26)28(33)21-9-8-20(30)14-25(21)31/h3-9,11,13-14,18,23-24,28H,10,12,15-17H2,1-2H3/t23-,24+,28+/m0/s1. The number of nitrogens with zero attached hydrogens (tertiary/aromatic N) is 2. The molecule has 3 aromatic rings.